The Morgan fingerprint density at radius 3 is 2.50 bits per heavy atom. The number of aliphatic hydroxyl groups excluding tert-OH is 1. The van der Waals surface area contributed by atoms with Gasteiger partial charge in [0.1, 0.15) is 17.6 Å². The number of hydrogen-bond acceptors (Lipinski definition) is 6. The van der Waals surface area contributed by atoms with Crippen LogP contribution in [0.3, 0.4) is 0 Å². The van der Waals surface area contributed by atoms with Crippen LogP contribution < -0.4 is 4.74 Å². The summed E-state index contributed by atoms with van der Waals surface area (Å²) in [7, 11) is 0. The molecule has 2 unspecified atom stereocenters. The number of ether oxygens (including phenoxy) is 1. The summed E-state index contributed by atoms with van der Waals surface area (Å²) in [4.78, 5) is 11.8. The summed E-state index contributed by atoms with van der Waals surface area (Å²) < 4.78 is 5.92. The molecule has 30 heavy (non-hydrogen) atoms. The largest absolute Gasteiger partial charge is 0.508 e. The molecule has 1 aliphatic heterocycles. The molecule has 0 fully saturated rings. The first-order valence-corrected chi connectivity index (χ1v) is 10.3. The first-order valence-electron chi connectivity index (χ1n) is 10.3. The number of carboxylic acids is 1. The number of aromatic hydroxyl groups is 3. The molecule has 0 amide bonds. The van der Waals surface area contributed by atoms with Gasteiger partial charge in [-0.15, -0.1) is 0 Å². The minimum Gasteiger partial charge on any atom is -0.508 e. The van der Waals surface area contributed by atoms with Gasteiger partial charge in [0.2, 0.25) is 0 Å². The zero-order valence-electron chi connectivity index (χ0n) is 16.9. The molecule has 1 aliphatic rings. The van der Waals surface area contributed by atoms with Crippen LogP contribution in [0.5, 0.6) is 23.0 Å². The van der Waals surface area contributed by atoms with E-state index in [0.717, 1.165) is 25.7 Å². The maximum absolute atomic E-state index is 11.8. The van der Waals surface area contributed by atoms with Crippen molar-refractivity contribution >= 4 is 5.97 Å². The summed E-state index contributed by atoms with van der Waals surface area (Å²) in [5, 5.41) is 50.0. The van der Waals surface area contributed by atoms with Gasteiger partial charge >= 0.3 is 5.97 Å². The van der Waals surface area contributed by atoms with Gasteiger partial charge in [-0.1, -0.05) is 38.7 Å². The Kier molecular flexibility index (Phi) is 6.72. The second-order valence-electron chi connectivity index (χ2n) is 7.81. The highest BCUT2D eigenvalue weighted by molar-refractivity contribution is 5.76. The number of rotatable bonds is 8. The van der Waals surface area contributed by atoms with Gasteiger partial charge in [0.25, 0.3) is 0 Å². The molecule has 2 aromatic carbocycles. The Hall–Kier alpha value is -2.93. The van der Waals surface area contributed by atoms with Crippen molar-refractivity contribution in [2.24, 2.45) is 0 Å². The summed E-state index contributed by atoms with van der Waals surface area (Å²) in [6.45, 7) is 2.09. The van der Waals surface area contributed by atoms with Crippen LogP contribution in [0.4, 0.5) is 0 Å². The smallest absolute Gasteiger partial charge is 0.310 e. The zero-order chi connectivity index (χ0) is 21.8. The molecule has 2 aromatic rings. The van der Waals surface area contributed by atoms with Gasteiger partial charge in [-0.25, -0.2) is 0 Å². The Morgan fingerprint density at radius 1 is 1.07 bits per heavy atom. The predicted octanol–water partition coefficient (Wildman–Crippen LogP) is 3.98. The van der Waals surface area contributed by atoms with E-state index in [1.807, 2.05) is 0 Å². The van der Waals surface area contributed by atoms with Crippen LogP contribution in [0.2, 0.25) is 0 Å². The summed E-state index contributed by atoms with van der Waals surface area (Å²) in [6, 6.07) is 7.21. The third-order valence-electron chi connectivity index (χ3n) is 5.60. The van der Waals surface area contributed by atoms with Crippen molar-refractivity contribution in [1.29, 1.82) is 0 Å². The lowest BCUT2D eigenvalue weighted by atomic mass is 9.88. The van der Waals surface area contributed by atoms with Crippen LogP contribution in [-0.4, -0.2) is 37.6 Å². The molecule has 7 nitrogen and oxygen atoms in total. The first kappa shape index (κ1) is 21.8. The SMILES string of the molecule is CCCCCCC(C(=O)O)c1cc(O)c2c(c1)OC(c1ccc(O)c(O)c1)[C@@H](O)C2. The highest BCUT2D eigenvalue weighted by Gasteiger charge is 2.33. The number of aliphatic carboxylic acids is 1. The normalized spacial score (nSPS) is 19.0. The number of phenolic OH excluding ortho intramolecular Hbond substituents is 3. The standard InChI is InChI=1S/C23H28O7/c1-2-3-4-5-6-15(23(28)29)14-10-18(25)16-12-20(27)22(30-21(16)11-14)13-7-8-17(24)19(26)9-13/h7-11,15,20,22,24-27H,2-6,12H2,1H3,(H,28,29)/t15?,20-,22?/m0/s1. The minimum atomic E-state index is -0.984. The van der Waals surface area contributed by atoms with E-state index in [1.54, 1.807) is 6.07 Å². The molecule has 0 spiro atoms. The van der Waals surface area contributed by atoms with E-state index in [-0.39, 0.29) is 23.7 Å². The number of unbranched alkanes of at least 4 members (excludes halogenated alkanes) is 3. The molecule has 0 aromatic heterocycles. The van der Waals surface area contributed by atoms with Crippen LogP contribution in [0.25, 0.3) is 0 Å². The molecule has 5 N–H and O–H groups in total. The van der Waals surface area contributed by atoms with Crippen molar-refractivity contribution < 1.29 is 35.1 Å². The van der Waals surface area contributed by atoms with Crippen molar-refractivity contribution in [3.8, 4) is 23.0 Å². The van der Waals surface area contributed by atoms with E-state index in [4.69, 9.17) is 4.74 Å². The Bertz CT molecular complexity index is 909. The van der Waals surface area contributed by atoms with E-state index in [0.29, 0.717) is 28.9 Å². The maximum Gasteiger partial charge on any atom is 0.310 e. The van der Waals surface area contributed by atoms with Gasteiger partial charge in [0, 0.05) is 12.0 Å². The Labute approximate surface area is 175 Å². The van der Waals surface area contributed by atoms with Gasteiger partial charge in [-0.05, 0) is 41.8 Å². The summed E-state index contributed by atoms with van der Waals surface area (Å²) in [6.07, 6.45) is 2.59. The maximum atomic E-state index is 11.8. The molecule has 3 rings (SSSR count). The third-order valence-corrected chi connectivity index (χ3v) is 5.60. The Balaban J connectivity index is 1.89. The molecule has 7 heteroatoms. The minimum absolute atomic E-state index is 0.103. The molecule has 0 aliphatic carbocycles. The highest BCUT2D eigenvalue weighted by atomic mass is 16.5. The highest BCUT2D eigenvalue weighted by Crippen LogP contribution is 2.43. The van der Waals surface area contributed by atoms with Crippen LogP contribution in [0.15, 0.2) is 30.3 Å². The van der Waals surface area contributed by atoms with Gasteiger partial charge in [0.05, 0.1) is 12.0 Å². The average molecular weight is 416 g/mol. The lowest BCUT2D eigenvalue weighted by molar-refractivity contribution is -0.139. The average Bonchev–Trinajstić information content (AvgIpc) is 2.70. The lowest BCUT2D eigenvalue weighted by Crippen LogP contribution is -2.30. The second-order valence-corrected chi connectivity index (χ2v) is 7.81. The molecule has 162 valence electrons. The number of carboxylic acid groups (broad SMARTS) is 1. The van der Waals surface area contributed by atoms with Crippen molar-refractivity contribution in [2.75, 3.05) is 0 Å². The molecule has 0 saturated carbocycles. The van der Waals surface area contributed by atoms with Crippen molar-refractivity contribution in [1.82, 2.24) is 0 Å². The predicted molar refractivity (Wildman–Crippen MR) is 110 cm³/mol. The molecule has 0 radical (unpaired) electrons. The van der Waals surface area contributed by atoms with Crippen LogP contribution in [0, 0.1) is 0 Å². The second kappa shape index (κ2) is 9.26. The van der Waals surface area contributed by atoms with Crippen LogP contribution in [-0.2, 0) is 11.2 Å². The van der Waals surface area contributed by atoms with E-state index in [1.165, 1.54) is 24.3 Å². The van der Waals surface area contributed by atoms with Gasteiger partial charge in [-0.2, -0.15) is 0 Å². The van der Waals surface area contributed by atoms with E-state index < -0.39 is 24.1 Å². The lowest BCUT2D eigenvalue weighted by Gasteiger charge is -2.32. The number of benzene rings is 2. The number of phenols is 3. The number of hydrogen-bond donors (Lipinski definition) is 5. The molecule has 3 atom stereocenters. The summed E-state index contributed by atoms with van der Waals surface area (Å²) >= 11 is 0. The Morgan fingerprint density at radius 2 is 1.83 bits per heavy atom. The molecule has 0 saturated heterocycles. The third kappa shape index (κ3) is 4.62. The van der Waals surface area contributed by atoms with Crippen LogP contribution >= 0.6 is 0 Å². The fourth-order valence-electron chi connectivity index (χ4n) is 3.91. The fraction of sp³-hybridized carbons (Fsp3) is 0.435. The molecular weight excluding hydrogens is 388 g/mol. The monoisotopic (exact) mass is 416 g/mol. The van der Waals surface area contributed by atoms with Gasteiger partial charge in [0.15, 0.2) is 11.5 Å². The van der Waals surface area contributed by atoms with Gasteiger partial charge in [-0.3, -0.25) is 4.79 Å². The quantitative estimate of drug-likeness (QED) is 0.325. The van der Waals surface area contributed by atoms with Crippen molar-refractivity contribution in [2.45, 2.75) is 63.6 Å². The zero-order valence-corrected chi connectivity index (χ0v) is 16.9. The van der Waals surface area contributed by atoms with Crippen molar-refractivity contribution in [3.05, 3.63) is 47.0 Å². The summed E-state index contributed by atoms with van der Waals surface area (Å²) in [5.41, 5.74) is 1.34. The molecule has 1 heterocycles. The van der Waals surface area contributed by atoms with Gasteiger partial charge < -0.3 is 30.3 Å². The fourth-order valence-corrected chi connectivity index (χ4v) is 3.91. The number of aliphatic hydroxyl groups is 1. The van der Waals surface area contributed by atoms with E-state index in [9.17, 15) is 30.3 Å². The van der Waals surface area contributed by atoms with E-state index >= 15 is 0 Å². The van der Waals surface area contributed by atoms with E-state index in [2.05, 4.69) is 6.92 Å². The number of fused-ring (bicyclic) bond motifs is 1. The van der Waals surface area contributed by atoms with Crippen molar-refractivity contribution in [3.63, 3.8) is 0 Å². The first-order chi connectivity index (χ1) is 14.3. The number of carbonyl (C=O) groups is 1. The van der Waals surface area contributed by atoms with Crippen LogP contribution in [0.1, 0.15) is 67.7 Å². The topological polar surface area (TPSA) is 127 Å². The molecule has 0 bridgehead atoms. The summed E-state index contributed by atoms with van der Waals surface area (Å²) in [5.74, 6) is -2.12. The molecular formula is C23H28O7.